The van der Waals surface area contributed by atoms with E-state index in [2.05, 4.69) is 10.6 Å². The minimum atomic E-state index is -3.50. The quantitative estimate of drug-likeness (QED) is 0.540. The molecule has 2 heterocycles. The third-order valence-corrected chi connectivity index (χ3v) is 8.19. The zero-order valence-electron chi connectivity index (χ0n) is 20.8. The van der Waals surface area contributed by atoms with Crippen LogP contribution in [0.4, 0.5) is 0 Å². The summed E-state index contributed by atoms with van der Waals surface area (Å²) in [6, 6.07) is 5.65. The summed E-state index contributed by atoms with van der Waals surface area (Å²) >= 11 is 0. The number of carbonyl (C=O) groups excluding carboxylic acids is 3. The number of fused-ring (bicyclic) bond motifs is 1. The van der Waals surface area contributed by atoms with Crippen molar-refractivity contribution in [3.05, 3.63) is 35.6 Å². The van der Waals surface area contributed by atoms with Crippen LogP contribution in [0.3, 0.4) is 0 Å². The summed E-state index contributed by atoms with van der Waals surface area (Å²) in [5.74, 6) is -1.08. The van der Waals surface area contributed by atoms with Crippen molar-refractivity contribution in [2.75, 3.05) is 18.8 Å². The molecule has 1 aromatic carbocycles. The molecule has 2 atom stereocenters. The fourth-order valence-corrected chi connectivity index (χ4v) is 5.87. The smallest absolute Gasteiger partial charge is 0.287 e. The first-order chi connectivity index (χ1) is 16.5. The van der Waals surface area contributed by atoms with Crippen LogP contribution >= 0.6 is 0 Å². The van der Waals surface area contributed by atoms with Crippen LogP contribution in [0.2, 0.25) is 0 Å². The molecule has 1 aliphatic heterocycles. The van der Waals surface area contributed by atoms with E-state index in [4.69, 9.17) is 4.42 Å². The Hall–Kier alpha value is -2.72. The Morgan fingerprint density at radius 2 is 1.94 bits per heavy atom. The van der Waals surface area contributed by atoms with Gasteiger partial charge in [0.1, 0.15) is 11.6 Å². The third-order valence-electron chi connectivity index (χ3n) is 6.17. The zero-order valence-corrected chi connectivity index (χ0v) is 21.6. The first kappa shape index (κ1) is 26.9. The lowest BCUT2D eigenvalue weighted by molar-refractivity contribution is -0.129. The molecule has 192 valence electrons. The monoisotopic (exact) mass is 505 g/mol. The second kappa shape index (κ2) is 11.3. The lowest BCUT2D eigenvalue weighted by Crippen LogP contribution is -2.52. The fraction of sp³-hybridized carbons (Fsp3) is 0.560. The maximum Gasteiger partial charge on any atom is 0.287 e. The average molecular weight is 506 g/mol. The van der Waals surface area contributed by atoms with Crippen molar-refractivity contribution in [3.63, 3.8) is 0 Å². The predicted molar refractivity (Wildman–Crippen MR) is 133 cm³/mol. The molecule has 2 aromatic rings. The van der Waals surface area contributed by atoms with Crippen LogP contribution in [0.15, 0.2) is 28.7 Å². The molecule has 3 rings (SSSR count). The van der Waals surface area contributed by atoms with E-state index in [-0.39, 0.29) is 36.3 Å². The number of sulfonamides is 1. The van der Waals surface area contributed by atoms with Gasteiger partial charge in [-0.1, -0.05) is 39.0 Å². The average Bonchev–Trinajstić information content (AvgIpc) is 3.01. The molecule has 1 saturated heterocycles. The maximum atomic E-state index is 13.2. The summed E-state index contributed by atoms with van der Waals surface area (Å²) in [5, 5.41) is 6.36. The molecule has 35 heavy (non-hydrogen) atoms. The highest BCUT2D eigenvalue weighted by atomic mass is 32.2. The second-order valence-electron chi connectivity index (χ2n) is 9.53. The molecule has 2 amide bonds. The van der Waals surface area contributed by atoms with Gasteiger partial charge in [-0.2, -0.15) is 4.31 Å². The molecule has 0 radical (unpaired) electrons. The van der Waals surface area contributed by atoms with E-state index in [0.717, 1.165) is 5.39 Å². The molecule has 1 aliphatic rings. The molecule has 1 fully saturated rings. The van der Waals surface area contributed by atoms with Gasteiger partial charge in [-0.3, -0.25) is 14.4 Å². The molecule has 0 spiro atoms. The summed E-state index contributed by atoms with van der Waals surface area (Å²) in [6.45, 7) is 7.43. The van der Waals surface area contributed by atoms with Gasteiger partial charge in [-0.25, -0.2) is 8.42 Å². The van der Waals surface area contributed by atoms with Gasteiger partial charge < -0.3 is 15.1 Å². The van der Waals surface area contributed by atoms with Gasteiger partial charge in [0.25, 0.3) is 5.91 Å². The number of para-hydroxylation sites is 1. The topological polar surface area (TPSA) is 126 Å². The van der Waals surface area contributed by atoms with E-state index < -0.39 is 33.9 Å². The maximum absolute atomic E-state index is 13.2. The van der Waals surface area contributed by atoms with Gasteiger partial charge in [-0.15, -0.1) is 0 Å². The Morgan fingerprint density at radius 1 is 1.23 bits per heavy atom. The minimum absolute atomic E-state index is 0.0129. The van der Waals surface area contributed by atoms with Gasteiger partial charge in [0.15, 0.2) is 11.5 Å². The van der Waals surface area contributed by atoms with Gasteiger partial charge >= 0.3 is 0 Å². The van der Waals surface area contributed by atoms with Crippen molar-refractivity contribution in [3.8, 4) is 0 Å². The van der Waals surface area contributed by atoms with E-state index >= 15 is 0 Å². The van der Waals surface area contributed by atoms with Gasteiger partial charge in [-0.05, 0) is 44.6 Å². The summed E-state index contributed by atoms with van der Waals surface area (Å²) in [7, 11) is -3.50. The largest absolute Gasteiger partial charge is 0.451 e. The Labute approximate surface area is 206 Å². The number of hydrogen-bond acceptors (Lipinski definition) is 6. The molecular weight excluding hydrogens is 470 g/mol. The third kappa shape index (κ3) is 6.49. The molecule has 9 nitrogen and oxygen atoms in total. The molecule has 1 aromatic heterocycles. The molecule has 1 unspecified atom stereocenters. The highest BCUT2D eigenvalue weighted by Gasteiger charge is 2.33. The van der Waals surface area contributed by atoms with Crippen molar-refractivity contribution < 1.29 is 27.2 Å². The van der Waals surface area contributed by atoms with Crippen molar-refractivity contribution in [2.24, 2.45) is 5.92 Å². The van der Waals surface area contributed by atoms with Crippen LogP contribution in [0, 0.1) is 12.8 Å². The van der Waals surface area contributed by atoms with Crippen molar-refractivity contribution in [1.29, 1.82) is 0 Å². The summed E-state index contributed by atoms with van der Waals surface area (Å²) < 4.78 is 31.8. The number of Topliss-reactive ketones (excluding diaryl/α,β-unsaturated/α-hetero) is 1. The van der Waals surface area contributed by atoms with Crippen molar-refractivity contribution in [2.45, 2.75) is 65.5 Å². The Bertz CT molecular complexity index is 1190. The number of benzene rings is 1. The van der Waals surface area contributed by atoms with Gasteiger partial charge in [0.2, 0.25) is 15.9 Å². The van der Waals surface area contributed by atoms with Crippen molar-refractivity contribution >= 4 is 38.6 Å². The number of carbonyl (C=O) groups is 3. The zero-order chi connectivity index (χ0) is 25.8. The molecule has 0 bridgehead atoms. The number of furan rings is 1. The van der Waals surface area contributed by atoms with Crippen LogP contribution in [-0.4, -0.2) is 61.2 Å². The fourth-order valence-electron chi connectivity index (χ4n) is 4.36. The highest BCUT2D eigenvalue weighted by molar-refractivity contribution is 7.89. The Morgan fingerprint density at radius 3 is 2.60 bits per heavy atom. The predicted octanol–water partition coefficient (Wildman–Crippen LogP) is 2.78. The molecule has 10 heteroatoms. The van der Waals surface area contributed by atoms with Crippen LogP contribution in [-0.2, 0) is 19.6 Å². The Kier molecular flexibility index (Phi) is 8.71. The lowest BCUT2D eigenvalue weighted by atomic mass is 10.0. The number of nitrogens with one attached hydrogen (secondary N) is 2. The van der Waals surface area contributed by atoms with Gasteiger partial charge in [0, 0.05) is 17.5 Å². The lowest BCUT2D eigenvalue weighted by Gasteiger charge is -2.23. The van der Waals surface area contributed by atoms with Crippen LogP contribution < -0.4 is 10.6 Å². The van der Waals surface area contributed by atoms with E-state index in [1.165, 1.54) is 4.31 Å². The Balaban J connectivity index is 1.72. The van der Waals surface area contributed by atoms with E-state index in [1.807, 2.05) is 32.0 Å². The normalized spacial score (nSPS) is 18.4. The summed E-state index contributed by atoms with van der Waals surface area (Å²) in [5.41, 5.74) is 1.28. The molecule has 0 saturated carbocycles. The number of hydrogen-bond donors (Lipinski definition) is 2. The molecule has 0 aliphatic carbocycles. The minimum Gasteiger partial charge on any atom is -0.451 e. The van der Waals surface area contributed by atoms with E-state index in [0.29, 0.717) is 36.8 Å². The second-order valence-corrected chi connectivity index (χ2v) is 11.6. The van der Waals surface area contributed by atoms with Crippen LogP contribution in [0.1, 0.15) is 62.6 Å². The first-order valence-corrected chi connectivity index (χ1v) is 13.7. The number of amides is 2. The standard InChI is InChI=1S/C25H35N3O6S/c1-5-13-35(32,33)28-12-8-10-19(21(29)15-28)26-24(30)20(14-16(2)3)27-25(31)23-17(4)18-9-6-7-11-22(18)34-23/h6-7,9,11,16,19-20H,5,8,10,12-15H2,1-4H3,(H,26,30)(H,27,31)/t19?,20-/m0/s1. The molecular formula is C25H35N3O6S. The van der Waals surface area contributed by atoms with Crippen LogP contribution in [0.5, 0.6) is 0 Å². The first-order valence-electron chi connectivity index (χ1n) is 12.1. The number of nitrogens with zero attached hydrogens (tertiary/aromatic N) is 1. The highest BCUT2D eigenvalue weighted by Crippen LogP contribution is 2.25. The summed E-state index contributed by atoms with van der Waals surface area (Å²) in [6.07, 6.45) is 1.63. The van der Waals surface area contributed by atoms with Crippen LogP contribution in [0.25, 0.3) is 11.0 Å². The van der Waals surface area contributed by atoms with E-state index in [1.54, 1.807) is 19.9 Å². The van der Waals surface area contributed by atoms with Crippen molar-refractivity contribution in [1.82, 2.24) is 14.9 Å². The van der Waals surface area contributed by atoms with E-state index in [9.17, 15) is 22.8 Å². The molecule has 2 N–H and O–H groups in total. The summed E-state index contributed by atoms with van der Waals surface area (Å²) in [4.78, 5) is 39.0. The number of aryl methyl sites for hydroxylation is 1. The number of rotatable bonds is 9. The van der Waals surface area contributed by atoms with Gasteiger partial charge in [0.05, 0.1) is 18.3 Å². The number of ketones is 1. The SMILES string of the molecule is CCCS(=O)(=O)N1CCCC(NC(=O)[C@H](CC(C)C)NC(=O)c2oc3ccccc3c2C)C(=O)C1.